The molecule has 1 fully saturated rings. The standard InChI is InChI=1S/C21H23ClN/c22-18-10-8-17-9-11-21(23-12-4-5-13-23)20(19(17)15-18)14-16-6-2-1-3-7-16/h1-3,6-8,10,15,20H,4-5,9,11-14H2/q+1. The first-order valence-corrected chi connectivity index (χ1v) is 9.12. The Morgan fingerprint density at radius 3 is 2.52 bits per heavy atom. The van der Waals surface area contributed by atoms with Gasteiger partial charge in [0, 0.05) is 24.3 Å². The molecule has 0 saturated carbocycles. The van der Waals surface area contributed by atoms with E-state index in [-0.39, 0.29) is 0 Å². The Balaban J connectivity index is 1.78. The zero-order valence-corrected chi connectivity index (χ0v) is 14.2. The van der Waals surface area contributed by atoms with Crippen LogP contribution in [0.4, 0.5) is 0 Å². The van der Waals surface area contributed by atoms with Gasteiger partial charge in [-0.05, 0) is 41.7 Å². The van der Waals surface area contributed by atoms with Crippen LogP contribution in [0.5, 0.6) is 0 Å². The summed E-state index contributed by atoms with van der Waals surface area (Å²) in [6.07, 6.45) is 6.11. The van der Waals surface area contributed by atoms with E-state index in [0.29, 0.717) is 5.92 Å². The molecule has 0 N–H and O–H groups in total. The van der Waals surface area contributed by atoms with E-state index in [1.165, 1.54) is 49.0 Å². The van der Waals surface area contributed by atoms with E-state index in [2.05, 4.69) is 47.0 Å². The molecule has 0 aromatic heterocycles. The largest absolute Gasteiger partial charge is 0.236 e. The Labute approximate surface area is 143 Å². The van der Waals surface area contributed by atoms with E-state index in [0.717, 1.165) is 17.9 Å². The fraction of sp³-hybridized carbons (Fsp3) is 0.381. The third-order valence-electron chi connectivity index (χ3n) is 5.33. The van der Waals surface area contributed by atoms with Gasteiger partial charge in [-0.1, -0.05) is 48.0 Å². The molecule has 118 valence electrons. The van der Waals surface area contributed by atoms with Gasteiger partial charge >= 0.3 is 0 Å². The van der Waals surface area contributed by atoms with Crippen molar-refractivity contribution < 1.29 is 4.58 Å². The number of rotatable bonds is 2. The monoisotopic (exact) mass is 324 g/mol. The molecule has 2 aromatic rings. The third-order valence-corrected chi connectivity index (χ3v) is 5.57. The van der Waals surface area contributed by atoms with Crippen molar-refractivity contribution in [2.45, 2.75) is 38.0 Å². The molecule has 2 aliphatic rings. The maximum absolute atomic E-state index is 6.33. The van der Waals surface area contributed by atoms with Gasteiger partial charge in [0.2, 0.25) is 0 Å². The summed E-state index contributed by atoms with van der Waals surface area (Å²) in [5.74, 6) is 0.484. The topological polar surface area (TPSA) is 3.01 Å². The van der Waals surface area contributed by atoms with Crippen LogP contribution in [0.3, 0.4) is 0 Å². The van der Waals surface area contributed by atoms with Gasteiger partial charge in [-0.25, -0.2) is 4.58 Å². The molecule has 4 rings (SSSR count). The lowest BCUT2D eigenvalue weighted by atomic mass is 9.78. The van der Waals surface area contributed by atoms with Gasteiger partial charge in [0.1, 0.15) is 13.1 Å². The van der Waals surface area contributed by atoms with Crippen molar-refractivity contribution in [3.63, 3.8) is 0 Å². The molecule has 1 heterocycles. The molecule has 2 aromatic carbocycles. The number of benzene rings is 2. The summed E-state index contributed by atoms with van der Waals surface area (Å²) in [6.45, 7) is 2.47. The first kappa shape index (κ1) is 15.0. The second-order valence-corrected chi connectivity index (χ2v) is 7.21. The molecule has 1 unspecified atom stereocenters. The van der Waals surface area contributed by atoms with Crippen molar-refractivity contribution in [1.82, 2.24) is 0 Å². The predicted octanol–water partition coefficient (Wildman–Crippen LogP) is 4.86. The molecule has 1 atom stereocenters. The minimum Gasteiger partial charge on any atom is -0.236 e. The molecular formula is C21H23ClN+. The van der Waals surface area contributed by atoms with Crippen LogP contribution in [-0.4, -0.2) is 23.4 Å². The van der Waals surface area contributed by atoms with Crippen molar-refractivity contribution in [3.8, 4) is 0 Å². The molecule has 2 heteroatoms. The van der Waals surface area contributed by atoms with Crippen molar-refractivity contribution in [2.24, 2.45) is 0 Å². The van der Waals surface area contributed by atoms with Crippen molar-refractivity contribution in [3.05, 3.63) is 70.2 Å². The number of hydrogen-bond donors (Lipinski definition) is 0. The lowest BCUT2D eigenvalue weighted by Gasteiger charge is -2.26. The zero-order valence-electron chi connectivity index (χ0n) is 13.5. The number of nitrogens with zero attached hydrogens (tertiary/aromatic N) is 1. The summed E-state index contributed by atoms with van der Waals surface area (Å²) in [5.41, 5.74) is 6.00. The van der Waals surface area contributed by atoms with Gasteiger partial charge < -0.3 is 0 Å². The molecule has 0 radical (unpaired) electrons. The van der Waals surface area contributed by atoms with Gasteiger partial charge in [0.25, 0.3) is 0 Å². The van der Waals surface area contributed by atoms with Gasteiger partial charge in [-0.3, -0.25) is 0 Å². The fourth-order valence-corrected chi connectivity index (χ4v) is 4.38. The molecule has 0 amide bonds. The molecule has 1 saturated heterocycles. The average molecular weight is 325 g/mol. The van der Waals surface area contributed by atoms with Gasteiger partial charge in [0.05, 0.1) is 5.92 Å². The van der Waals surface area contributed by atoms with Crippen molar-refractivity contribution >= 4 is 17.3 Å². The van der Waals surface area contributed by atoms with Crippen molar-refractivity contribution in [2.75, 3.05) is 13.1 Å². The smallest absolute Gasteiger partial charge is 0.160 e. The van der Waals surface area contributed by atoms with Crippen LogP contribution in [0.2, 0.25) is 5.02 Å². The number of hydrogen-bond acceptors (Lipinski definition) is 0. The molecule has 0 spiro atoms. The number of fused-ring (bicyclic) bond motifs is 1. The second kappa shape index (κ2) is 6.49. The summed E-state index contributed by atoms with van der Waals surface area (Å²) in [7, 11) is 0. The summed E-state index contributed by atoms with van der Waals surface area (Å²) < 4.78 is 2.65. The Morgan fingerprint density at radius 1 is 0.957 bits per heavy atom. The van der Waals surface area contributed by atoms with Gasteiger partial charge in [-0.2, -0.15) is 0 Å². The second-order valence-electron chi connectivity index (χ2n) is 6.77. The minimum absolute atomic E-state index is 0.484. The molecular weight excluding hydrogens is 302 g/mol. The van der Waals surface area contributed by atoms with Crippen LogP contribution < -0.4 is 0 Å². The van der Waals surface area contributed by atoms with E-state index in [1.54, 1.807) is 5.71 Å². The highest BCUT2D eigenvalue weighted by Gasteiger charge is 2.33. The highest BCUT2D eigenvalue weighted by molar-refractivity contribution is 6.30. The first-order valence-electron chi connectivity index (χ1n) is 8.74. The summed E-state index contributed by atoms with van der Waals surface area (Å²) >= 11 is 6.33. The third kappa shape index (κ3) is 3.07. The highest BCUT2D eigenvalue weighted by Crippen LogP contribution is 2.34. The summed E-state index contributed by atoms with van der Waals surface area (Å²) in [6, 6.07) is 17.4. The molecule has 1 aliphatic carbocycles. The lowest BCUT2D eigenvalue weighted by molar-refractivity contribution is -0.509. The fourth-order valence-electron chi connectivity index (χ4n) is 4.19. The maximum atomic E-state index is 6.33. The van der Waals surface area contributed by atoms with Crippen LogP contribution >= 0.6 is 11.6 Å². The zero-order chi connectivity index (χ0) is 15.6. The number of aryl methyl sites for hydroxylation is 1. The Kier molecular flexibility index (Phi) is 4.22. The highest BCUT2D eigenvalue weighted by atomic mass is 35.5. The molecule has 1 aliphatic heterocycles. The number of halogens is 1. The van der Waals surface area contributed by atoms with Crippen LogP contribution in [0.1, 0.15) is 41.9 Å². The lowest BCUT2D eigenvalue weighted by Crippen LogP contribution is -2.31. The quantitative estimate of drug-likeness (QED) is 0.694. The van der Waals surface area contributed by atoms with Crippen LogP contribution in [0.25, 0.3) is 0 Å². The SMILES string of the molecule is Clc1ccc2c(c1)C(Cc1ccccc1)C(=[N+]1CCCC1)CC2. The van der Waals surface area contributed by atoms with Gasteiger partial charge in [0.15, 0.2) is 5.71 Å². The van der Waals surface area contributed by atoms with Crippen molar-refractivity contribution in [1.29, 1.82) is 0 Å². The van der Waals surface area contributed by atoms with Crippen LogP contribution in [0, 0.1) is 0 Å². The summed E-state index contributed by atoms with van der Waals surface area (Å²) in [5, 5.41) is 0.865. The average Bonchev–Trinajstić information content (AvgIpc) is 3.10. The predicted molar refractivity (Wildman–Crippen MR) is 96.9 cm³/mol. The van der Waals surface area contributed by atoms with Crippen LogP contribution in [0.15, 0.2) is 48.5 Å². The van der Waals surface area contributed by atoms with E-state index in [1.807, 2.05) is 6.07 Å². The normalized spacial score (nSPS) is 20.7. The molecule has 1 nitrogen and oxygen atoms in total. The van der Waals surface area contributed by atoms with Gasteiger partial charge in [-0.15, -0.1) is 0 Å². The summed E-state index contributed by atoms with van der Waals surface area (Å²) in [4.78, 5) is 0. The Hall–Kier alpha value is -1.60. The van der Waals surface area contributed by atoms with E-state index < -0.39 is 0 Å². The van der Waals surface area contributed by atoms with Crippen LogP contribution in [-0.2, 0) is 12.8 Å². The van der Waals surface area contributed by atoms with E-state index in [4.69, 9.17) is 11.6 Å². The molecule has 23 heavy (non-hydrogen) atoms. The van der Waals surface area contributed by atoms with E-state index in [9.17, 15) is 0 Å². The Morgan fingerprint density at radius 2 is 1.74 bits per heavy atom. The first-order chi connectivity index (χ1) is 11.3. The molecule has 0 bridgehead atoms. The maximum Gasteiger partial charge on any atom is 0.160 e. The minimum atomic E-state index is 0.484. The Bertz CT molecular complexity index is 725. The van der Waals surface area contributed by atoms with E-state index >= 15 is 0 Å².